The Kier molecular flexibility index (Phi) is 7.61. The summed E-state index contributed by atoms with van der Waals surface area (Å²) in [7, 11) is 0. The maximum Gasteiger partial charge on any atom is 0.251 e. The molecule has 10 heteroatoms. The number of thiophene rings is 1. The second-order valence-corrected chi connectivity index (χ2v) is 9.20. The summed E-state index contributed by atoms with van der Waals surface area (Å²) < 4.78 is 13.1. The Morgan fingerprint density at radius 2 is 1.83 bits per heavy atom. The summed E-state index contributed by atoms with van der Waals surface area (Å²) in [4.78, 5) is 29.5. The molecule has 0 aliphatic rings. The van der Waals surface area contributed by atoms with Crippen LogP contribution in [-0.2, 0) is 22.7 Å². The fourth-order valence-corrected chi connectivity index (χ4v) is 4.03. The first-order chi connectivity index (χ1) is 16.9. The lowest BCUT2D eigenvalue weighted by atomic mass is 10.0. The first kappa shape index (κ1) is 24.2. The third kappa shape index (κ3) is 6.36. The molecule has 8 nitrogen and oxygen atoms in total. The molecule has 35 heavy (non-hydrogen) atoms. The average Bonchev–Trinajstić information content (AvgIpc) is 3.54. The van der Waals surface area contributed by atoms with Crippen LogP contribution in [0, 0.1) is 5.82 Å². The molecule has 0 radical (unpaired) electrons. The summed E-state index contributed by atoms with van der Waals surface area (Å²) in [5, 5.41) is 17.0. The van der Waals surface area contributed by atoms with Crippen molar-refractivity contribution < 1.29 is 14.0 Å². The Morgan fingerprint density at radius 1 is 1.09 bits per heavy atom. The quantitative estimate of drug-likeness (QED) is 0.381. The third-order valence-electron chi connectivity index (χ3n) is 5.35. The molecular formula is C25H25FN6O2S. The lowest BCUT2D eigenvalue weighted by molar-refractivity contribution is -0.124. The molecule has 0 fully saturated rings. The Labute approximate surface area is 206 Å². The SMILES string of the molecule is CC(C)c1ccc(N(CC(=O)NCc2ccc(F)cc2)C(=O)Cn2nnc(-c3cccs3)n2)cc1. The van der Waals surface area contributed by atoms with E-state index in [4.69, 9.17) is 0 Å². The molecule has 0 saturated heterocycles. The summed E-state index contributed by atoms with van der Waals surface area (Å²) in [6.45, 7) is 4.04. The van der Waals surface area contributed by atoms with Crippen molar-refractivity contribution >= 4 is 28.8 Å². The van der Waals surface area contributed by atoms with Crippen LogP contribution in [-0.4, -0.2) is 38.6 Å². The lowest BCUT2D eigenvalue weighted by Crippen LogP contribution is -2.42. The third-order valence-corrected chi connectivity index (χ3v) is 6.21. The molecule has 0 atom stereocenters. The number of tetrazole rings is 1. The highest BCUT2D eigenvalue weighted by Gasteiger charge is 2.21. The minimum Gasteiger partial charge on any atom is -0.350 e. The zero-order valence-corrected chi connectivity index (χ0v) is 20.2. The van der Waals surface area contributed by atoms with Gasteiger partial charge in [-0.25, -0.2) is 4.39 Å². The van der Waals surface area contributed by atoms with Crippen LogP contribution >= 0.6 is 11.3 Å². The van der Waals surface area contributed by atoms with Crippen LogP contribution in [0.5, 0.6) is 0 Å². The Balaban J connectivity index is 1.48. The number of halogens is 1. The van der Waals surface area contributed by atoms with Gasteiger partial charge in [-0.05, 0) is 58.0 Å². The standard InChI is InChI=1S/C25H25FN6O2S/c1-17(2)19-7-11-21(12-8-19)31(15-23(33)27-14-18-5-9-20(26)10-6-18)24(34)16-32-29-25(28-30-32)22-4-3-13-35-22/h3-13,17H,14-16H2,1-2H3,(H,27,33). The number of rotatable bonds is 9. The van der Waals surface area contributed by atoms with Crippen molar-refractivity contribution in [2.24, 2.45) is 0 Å². The number of aromatic nitrogens is 4. The molecule has 1 N–H and O–H groups in total. The Morgan fingerprint density at radius 3 is 2.49 bits per heavy atom. The van der Waals surface area contributed by atoms with E-state index in [0.29, 0.717) is 17.4 Å². The van der Waals surface area contributed by atoms with Crippen LogP contribution in [0.4, 0.5) is 10.1 Å². The van der Waals surface area contributed by atoms with E-state index in [1.54, 1.807) is 12.1 Å². The van der Waals surface area contributed by atoms with Crippen LogP contribution in [0.1, 0.15) is 30.9 Å². The van der Waals surface area contributed by atoms with E-state index >= 15 is 0 Å². The van der Waals surface area contributed by atoms with E-state index in [2.05, 4.69) is 34.6 Å². The number of amides is 2. The fourth-order valence-electron chi connectivity index (χ4n) is 3.39. The Bertz CT molecular complexity index is 1270. The van der Waals surface area contributed by atoms with Crippen molar-refractivity contribution in [3.63, 3.8) is 0 Å². The minimum atomic E-state index is -0.352. The molecule has 2 aromatic heterocycles. The smallest absolute Gasteiger partial charge is 0.251 e. The monoisotopic (exact) mass is 492 g/mol. The van der Waals surface area contributed by atoms with Gasteiger partial charge in [-0.2, -0.15) is 4.80 Å². The van der Waals surface area contributed by atoms with Crippen molar-refractivity contribution in [2.75, 3.05) is 11.4 Å². The molecule has 2 amide bonds. The van der Waals surface area contributed by atoms with Crippen LogP contribution in [0.15, 0.2) is 66.0 Å². The molecule has 0 unspecified atom stereocenters. The van der Waals surface area contributed by atoms with Gasteiger partial charge in [0.2, 0.25) is 11.7 Å². The van der Waals surface area contributed by atoms with E-state index in [-0.39, 0.29) is 37.3 Å². The molecule has 2 aromatic carbocycles. The van der Waals surface area contributed by atoms with E-state index in [1.165, 1.54) is 33.2 Å². The van der Waals surface area contributed by atoms with E-state index in [0.717, 1.165) is 16.0 Å². The van der Waals surface area contributed by atoms with Gasteiger partial charge in [-0.1, -0.05) is 44.2 Å². The molecule has 0 aliphatic carbocycles. The maximum atomic E-state index is 13.3. The Hall–Kier alpha value is -3.92. The van der Waals surface area contributed by atoms with E-state index in [1.807, 2.05) is 41.8 Å². The van der Waals surface area contributed by atoms with Gasteiger partial charge in [0.1, 0.15) is 18.9 Å². The zero-order chi connectivity index (χ0) is 24.8. The van der Waals surface area contributed by atoms with Crippen LogP contribution < -0.4 is 10.2 Å². The van der Waals surface area contributed by atoms with Crippen molar-refractivity contribution in [3.05, 3.63) is 83.0 Å². The molecule has 2 heterocycles. The van der Waals surface area contributed by atoms with Gasteiger partial charge in [0.05, 0.1) is 4.88 Å². The second kappa shape index (κ2) is 11.0. The number of hydrogen-bond acceptors (Lipinski definition) is 6. The number of carbonyl (C=O) groups excluding carboxylic acids is 2. The highest BCUT2D eigenvalue weighted by atomic mass is 32.1. The van der Waals surface area contributed by atoms with Gasteiger partial charge in [-0.15, -0.1) is 21.5 Å². The fraction of sp³-hybridized carbons (Fsp3) is 0.240. The van der Waals surface area contributed by atoms with Crippen molar-refractivity contribution in [1.29, 1.82) is 0 Å². The highest BCUT2D eigenvalue weighted by molar-refractivity contribution is 7.13. The van der Waals surface area contributed by atoms with Gasteiger partial charge < -0.3 is 10.2 Å². The zero-order valence-electron chi connectivity index (χ0n) is 19.4. The van der Waals surface area contributed by atoms with Gasteiger partial charge in [0.15, 0.2) is 0 Å². The number of nitrogens with one attached hydrogen (secondary N) is 1. The molecule has 0 saturated carbocycles. The van der Waals surface area contributed by atoms with Gasteiger partial charge >= 0.3 is 0 Å². The summed E-state index contributed by atoms with van der Waals surface area (Å²) in [6, 6.07) is 17.2. The minimum absolute atomic E-state index is 0.171. The summed E-state index contributed by atoms with van der Waals surface area (Å²) >= 11 is 1.48. The molecule has 0 spiro atoms. The number of hydrogen-bond donors (Lipinski definition) is 1. The number of carbonyl (C=O) groups is 2. The molecule has 4 aromatic rings. The van der Waals surface area contributed by atoms with E-state index < -0.39 is 0 Å². The number of nitrogens with zero attached hydrogens (tertiary/aromatic N) is 5. The maximum absolute atomic E-state index is 13.3. The predicted molar refractivity (Wildman–Crippen MR) is 132 cm³/mol. The van der Waals surface area contributed by atoms with Crippen molar-refractivity contribution in [1.82, 2.24) is 25.5 Å². The van der Waals surface area contributed by atoms with Gasteiger partial charge in [0.25, 0.3) is 5.91 Å². The first-order valence-electron chi connectivity index (χ1n) is 11.1. The topological polar surface area (TPSA) is 93.0 Å². The van der Waals surface area contributed by atoms with E-state index in [9.17, 15) is 14.0 Å². The first-order valence-corrected chi connectivity index (χ1v) is 12.0. The van der Waals surface area contributed by atoms with Crippen LogP contribution in [0.3, 0.4) is 0 Å². The normalized spacial score (nSPS) is 11.0. The molecule has 180 valence electrons. The van der Waals surface area contributed by atoms with Crippen LogP contribution in [0.25, 0.3) is 10.7 Å². The van der Waals surface area contributed by atoms with Gasteiger partial charge in [0, 0.05) is 12.2 Å². The predicted octanol–water partition coefficient (Wildman–Crippen LogP) is 4.01. The molecule has 0 bridgehead atoms. The summed E-state index contributed by atoms with van der Waals surface area (Å²) in [5.74, 6) is -0.263. The van der Waals surface area contributed by atoms with Crippen molar-refractivity contribution in [3.8, 4) is 10.7 Å². The lowest BCUT2D eigenvalue weighted by Gasteiger charge is -2.23. The average molecular weight is 493 g/mol. The van der Waals surface area contributed by atoms with Crippen LogP contribution in [0.2, 0.25) is 0 Å². The molecular weight excluding hydrogens is 467 g/mol. The number of anilines is 1. The largest absolute Gasteiger partial charge is 0.350 e. The molecule has 4 rings (SSSR count). The summed E-state index contributed by atoms with van der Waals surface area (Å²) in [5.41, 5.74) is 2.47. The summed E-state index contributed by atoms with van der Waals surface area (Å²) in [6.07, 6.45) is 0. The number of benzene rings is 2. The van der Waals surface area contributed by atoms with Gasteiger partial charge in [-0.3, -0.25) is 9.59 Å². The second-order valence-electron chi connectivity index (χ2n) is 8.25. The van der Waals surface area contributed by atoms with Crippen molar-refractivity contribution in [2.45, 2.75) is 32.9 Å². The highest BCUT2D eigenvalue weighted by Crippen LogP contribution is 2.21. The molecule has 0 aliphatic heterocycles.